The largest absolute Gasteiger partial charge is 0.469 e. The van der Waals surface area contributed by atoms with Gasteiger partial charge in [0.15, 0.2) is 0 Å². The van der Waals surface area contributed by atoms with Gasteiger partial charge in [0.05, 0.1) is 19.2 Å². The number of esters is 1. The van der Waals surface area contributed by atoms with Crippen LogP contribution in [0.4, 0.5) is 0 Å². The molecule has 0 aliphatic rings. The Bertz CT molecular complexity index is 401. The summed E-state index contributed by atoms with van der Waals surface area (Å²) in [4.78, 5) is 11.4. The van der Waals surface area contributed by atoms with Gasteiger partial charge in [0.25, 0.3) is 0 Å². The fourth-order valence-electron chi connectivity index (χ4n) is 1.69. The molecule has 0 heterocycles. The molecule has 1 unspecified atom stereocenters. The van der Waals surface area contributed by atoms with Crippen molar-refractivity contribution in [1.82, 2.24) is 0 Å². The van der Waals surface area contributed by atoms with Crippen LogP contribution >= 0.6 is 0 Å². The second kappa shape index (κ2) is 6.68. The lowest BCUT2D eigenvalue weighted by molar-refractivity contribution is -0.143. The highest BCUT2D eigenvalue weighted by atomic mass is 16.5. The van der Waals surface area contributed by atoms with Gasteiger partial charge < -0.3 is 9.94 Å². The molecule has 1 atom stereocenters. The van der Waals surface area contributed by atoms with Gasteiger partial charge in [-0.05, 0) is 30.9 Å². The van der Waals surface area contributed by atoms with Crippen LogP contribution in [0, 0.1) is 12.8 Å². The molecule has 1 rings (SSSR count). The van der Waals surface area contributed by atoms with Gasteiger partial charge in [-0.25, -0.2) is 0 Å². The van der Waals surface area contributed by atoms with Crippen molar-refractivity contribution in [3.63, 3.8) is 0 Å². The average molecular weight is 235 g/mol. The number of methoxy groups -OCH3 is 1. The summed E-state index contributed by atoms with van der Waals surface area (Å²) in [5, 5.41) is 11.4. The molecule has 0 radical (unpaired) electrons. The smallest absolute Gasteiger partial charge is 0.314 e. The van der Waals surface area contributed by atoms with E-state index in [1.807, 2.05) is 31.2 Å². The van der Waals surface area contributed by atoms with Gasteiger partial charge in [0, 0.05) is 0 Å². The molecular formula is C13H17NO3. The molecule has 0 aliphatic heterocycles. The number of hydrogen-bond acceptors (Lipinski definition) is 4. The minimum atomic E-state index is -0.496. The zero-order valence-electron chi connectivity index (χ0n) is 10.1. The van der Waals surface area contributed by atoms with Crippen molar-refractivity contribution in [2.45, 2.75) is 19.8 Å². The second-order valence-electron chi connectivity index (χ2n) is 3.86. The maximum Gasteiger partial charge on any atom is 0.314 e. The van der Waals surface area contributed by atoms with Crippen molar-refractivity contribution < 1.29 is 14.7 Å². The predicted octanol–water partition coefficient (Wildman–Crippen LogP) is 2.18. The molecule has 0 spiro atoms. The van der Waals surface area contributed by atoms with Gasteiger partial charge in [-0.2, -0.15) is 0 Å². The Morgan fingerprint density at radius 1 is 1.53 bits per heavy atom. The molecule has 0 aliphatic carbocycles. The van der Waals surface area contributed by atoms with Gasteiger partial charge >= 0.3 is 5.97 Å². The summed E-state index contributed by atoms with van der Waals surface area (Å²) in [7, 11) is 1.33. The van der Waals surface area contributed by atoms with E-state index in [4.69, 9.17) is 5.21 Å². The van der Waals surface area contributed by atoms with Crippen LogP contribution in [-0.4, -0.2) is 24.5 Å². The fourth-order valence-corrected chi connectivity index (χ4v) is 1.69. The first-order chi connectivity index (χ1) is 8.19. The molecule has 1 N–H and O–H groups in total. The fraction of sp³-hybridized carbons (Fsp3) is 0.385. The number of benzene rings is 1. The molecule has 1 aromatic rings. The van der Waals surface area contributed by atoms with E-state index in [2.05, 4.69) is 9.89 Å². The van der Waals surface area contributed by atoms with Crippen molar-refractivity contribution in [3.8, 4) is 0 Å². The van der Waals surface area contributed by atoms with Crippen LogP contribution in [0.15, 0.2) is 29.4 Å². The Morgan fingerprint density at radius 2 is 2.24 bits per heavy atom. The number of carbonyl (C=O) groups excluding carboxylic acids is 1. The summed E-state index contributed by atoms with van der Waals surface area (Å²) in [6, 6.07) is 8.00. The second-order valence-corrected chi connectivity index (χ2v) is 3.86. The van der Waals surface area contributed by atoms with E-state index in [-0.39, 0.29) is 5.97 Å². The molecule has 0 saturated carbocycles. The standard InChI is InChI=1S/C13H17NO3/c1-10-5-3-4-6-11(10)7-8-12(9-14-16)13(15)17-2/h3-6,9,12,16H,7-8H2,1-2H3/b14-9-. The summed E-state index contributed by atoms with van der Waals surface area (Å²) in [5.41, 5.74) is 2.38. The summed E-state index contributed by atoms with van der Waals surface area (Å²) in [5.74, 6) is -0.874. The lowest BCUT2D eigenvalue weighted by Gasteiger charge is -2.10. The maximum absolute atomic E-state index is 11.4. The Morgan fingerprint density at radius 3 is 2.82 bits per heavy atom. The Balaban J connectivity index is 2.64. The number of nitrogens with zero attached hydrogens (tertiary/aromatic N) is 1. The van der Waals surface area contributed by atoms with Gasteiger partial charge in [-0.15, -0.1) is 5.16 Å². The van der Waals surface area contributed by atoms with E-state index in [1.165, 1.54) is 24.5 Å². The minimum absolute atomic E-state index is 0.378. The predicted molar refractivity (Wildman–Crippen MR) is 65.3 cm³/mol. The zero-order valence-corrected chi connectivity index (χ0v) is 10.1. The number of aryl methyl sites for hydroxylation is 2. The number of ether oxygens (including phenoxy) is 1. The van der Waals surface area contributed by atoms with E-state index >= 15 is 0 Å². The van der Waals surface area contributed by atoms with Crippen molar-refractivity contribution >= 4 is 12.2 Å². The Hall–Kier alpha value is -1.84. The normalized spacial score (nSPS) is 12.6. The molecule has 17 heavy (non-hydrogen) atoms. The number of oxime groups is 1. The first-order valence-electron chi connectivity index (χ1n) is 5.49. The highest BCUT2D eigenvalue weighted by Gasteiger charge is 2.17. The molecule has 0 amide bonds. The van der Waals surface area contributed by atoms with Gasteiger partial charge in [0.2, 0.25) is 0 Å². The molecule has 4 nitrogen and oxygen atoms in total. The Labute approximate surface area is 101 Å². The van der Waals surface area contributed by atoms with Gasteiger partial charge in [0.1, 0.15) is 0 Å². The summed E-state index contributed by atoms with van der Waals surface area (Å²) < 4.78 is 4.64. The maximum atomic E-state index is 11.4. The van der Waals surface area contributed by atoms with Crippen LogP contribution in [0.1, 0.15) is 17.5 Å². The van der Waals surface area contributed by atoms with Crippen molar-refractivity contribution in [2.24, 2.45) is 11.1 Å². The van der Waals surface area contributed by atoms with Crippen molar-refractivity contribution in [2.75, 3.05) is 7.11 Å². The molecule has 1 aromatic carbocycles. The van der Waals surface area contributed by atoms with Crippen LogP contribution in [0.5, 0.6) is 0 Å². The summed E-state index contributed by atoms with van der Waals surface area (Å²) in [6.45, 7) is 2.03. The van der Waals surface area contributed by atoms with Crippen molar-refractivity contribution in [1.29, 1.82) is 0 Å². The molecule has 92 valence electrons. The zero-order chi connectivity index (χ0) is 12.7. The average Bonchev–Trinajstić information content (AvgIpc) is 2.35. The third-order valence-corrected chi connectivity index (χ3v) is 2.74. The molecule has 0 aromatic heterocycles. The van der Waals surface area contributed by atoms with Gasteiger partial charge in [-0.3, -0.25) is 4.79 Å². The minimum Gasteiger partial charge on any atom is -0.469 e. The topological polar surface area (TPSA) is 58.9 Å². The highest BCUT2D eigenvalue weighted by Crippen LogP contribution is 2.13. The van der Waals surface area contributed by atoms with Crippen LogP contribution in [0.2, 0.25) is 0 Å². The van der Waals surface area contributed by atoms with Crippen LogP contribution in [-0.2, 0) is 16.0 Å². The monoisotopic (exact) mass is 235 g/mol. The quantitative estimate of drug-likeness (QED) is 0.368. The highest BCUT2D eigenvalue weighted by molar-refractivity contribution is 5.89. The van der Waals surface area contributed by atoms with E-state index in [1.54, 1.807) is 0 Å². The third-order valence-electron chi connectivity index (χ3n) is 2.74. The summed E-state index contributed by atoms with van der Waals surface area (Å²) >= 11 is 0. The summed E-state index contributed by atoms with van der Waals surface area (Å²) in [6.07, 6.45) is 2.53. The SMILES string of the molecule is COC(=O)C(/C=N\O)CCc1ccccc1C. The van der Waals surface area contributed by atoms with Crippen LogP contribution in [0.3, 0.4) is 0 Å². The molecule has 0 saturated heterocycles. The number of rotatable bonds is 5. The molecular weight excluding hydrogens is 218 g/mol. The number of carbonyl (C=O) groups is 1. The molecule has 4 heteroatoms. The van der Waals surface area contributed by atoms with Gasteiger partial charge in [-0.1, -0.05) is 24.3 Å². The van der Waals surface area contributed by atoms with Crippen LogP contribution in [0.25, 0.3) is 0 Å². The lowest BCUT2D eigenvalue weighted by atomic mass is 9.98. The Kier molecular flexibility index (Phi) is 5.20. The first kappa shape index (κ1) is 13.2. The lowest BCUT2D eigenvalue weighted by Crippen LogP contribution is -2.18. The molecule has 0 bridgehead atoms. The first-order valence-corrected chi connectivity index (χ1v) is 5.49. The van der Waals surface area contributed by atoms with Crippen molar-refractivity contribution in [3.05, 3.63) is 35.4 Å². The molecule has 0 fully saturated rings. The van der Waals surface area contributed by atoms with Crippen LogP contribution < -0.4 is 0 Å². The van der Waals surface area contributed by atoms with E-state index in [0.717, 1.165) is 6.42 Å². The van der Waals surface area contributed by atoms with E-state index in [9.17, 15) is 4.79 Å². The van der Waals surface area contributed by atoms with E-state index in [0.29, 0.717) is 6.42 Å². The third kappa shape index (κ3) is 3.90. The van der Waals surface area contributed by atoms with E-state index < -0.39 is 5.92 Å². The number of hydrogen-bond donors (Lipinski definition) is 1.